The first-order chi connectivity index (χ1) is 10.7. The second kappa shape index (κ2) is 7.26. The number of aromatic nitrogens is 1. The van der Waals surface area contributed by atoms with Crippen molar-refractivity contribution in [2.24, 2.45) is 0 Å². The zero-order valence-electron chi connectivity index (χ0n) is 12.7. The minimum Gasteiger partial charge on any atom is -0.493 e. The molecule has 0 atom stereocenters. The summed E-state index contributed by atoms with van der Waals surface area (Å²) in [6.07, 6.45) is 6.55. The number of hydrogen-bond donors (Lipinski definition) is 0. The number of carbonyl (C=O) groups is 1. The molecule has 0 radical (unpaired) electrons. The Hall–Kier alpha value is -2.82. The predicted octanol–water partition coefficient (Wildman–Crippen LogP) is 3.00. The first kappa shape index (κ1) is 15.6. The standard InChI is InChI=1S/C17H17NO4/c1-20-15-9-13(10-16(21-2)17(15)22-3)14(19)7-6-12-5-4-8-18-11-12/h4-11H,1-3H3/b7-6-. The number of benzene rings is 1. The number of pyridine rings is 1. The van der Waals surface area contributed by atoms with Crippen molar-refractivity contribution in [1.82, 2.24) is 4.98 Å². The molecule has 0 aliphatic rings. The summed E-state index contributed by atoms with van der Waals surface area (Å²) in [5, 5.41) is 0. The Morgan fingerprint density at radius 1 is 1.09 bits per heavy atom. The van der Waals surface area contributed by atoms with Crippen molar-refractivity contribution in [2.45, 2.75) is 0 Å². The highest BCUT2D eigenvalue weighted by molar-refractivity contribution is 6.07. The second-order valence-electron chi connectivity index (χ2n) is 4.40. The van der Waals surface area contributed by atoms with E-state index in [9.17, 15) is 4.79 Å². The lowest BCUT2D eigenvalue weighted by Gasteiger charge is -2.13. The van der Waals surface area contributed by atoms with Gasteiger partial charge in [-0.2, -0.15) is 0 Å². The number of allylic oxidation sites excluding steroid dienone is 1. The van der Waals surface area contributed by atoms with E-state index >= 15 is 0 Å². The maximum atomic E-state index is 12.3. The maximum Gasteiger partial charge on any atom is 0.203 e. The molecule has 114 valence electrons. The van der Waals surface area contributed by atoms with Crippen molar-refractivity contribution in [3.8, 4) is 17.2 Å². The molecule has 22 heavy (non-hydrogen) atoms. The van der Waals surface area contributed by atoms with Gasteiger partial charge < -0.3 is 14.2 Å². The van der Waals surface area contributed by atoms with Crippen molar-refractivity contribution in [1.29, 1.82) is 0 Å². The predicted molar refractivity (Wildman–Crippen MR) is 83.7 cm³/mol. The summed E-state index contributed by atoms with van der Waals surface area (Å²) < 4.78 is 15.7. The molecule has 0 bridgehead atoms. The average molecular weight is 299 g/mol. The van der Waals surface area contributed by atoms with E-state index in [2.05, 4.69) is 4.98 Å². The monoisotopic (exact) mass is 299 g/mol. The third-order valence-corrected chi connectivity index (χ3v) is 3.06. The van der Waals surface area contributed by atoms with Gasteiger partial charge in [-0.15, -0.1) is 0 Å². The van der Waals surface area contributed by atoms with Crippen molar-refractivity contribution in [2.75, 3.05) is 21.3 Å². The molecular formula is C17H17NO4. The van der Waals surface area contributed by atoms with Crippen LogP contribution in [-0.2, 0) is 0 Å². The number of nitrogens with zero attached hydrogens (tertiary/aromatic N) is 1. The van der Waals surface area contributed by atoms with Crippen molar-refractivity contribution >= 4 is 11.9 Å². The molecule has 0 aliphatic heterocycles. The van der Waals surface area contributed by atoms with E-state index in [-0.39, 0.29) is 5.78 Å². The molecule has 1 heterocycles. The number of ketones is 1. The highest BCUT2D eigenvalue weighted by Crippen LogP contribution is 2.38. The van der Waals surface area contributed by atoms with Crippen LogP contribution in [0.15, 0.2) is 42.7 Å². The molecule has 0 N–H and O–H groups in total. The Morgan fingerprint density at radius 2 is 1.77 bits per heavy atom. The van der Waals surface area contributed by atoms with Gasteiger partial charge in [-0.25, -0.2) is 0 Å². The van der Waals surface area contributed by atoms with Crippen LogP contribution < -0.4 is 14.2 Å². The van der Waals surface area contributed by atoms with E-state index in [0.29, 0.717) is 22.8 Å². The average Bonchev–Trinajstić information content (AvgIpc) is 2.59. The van der Waals surface area contributed by atoms with Crippen LogP contribution in [0.3, 0.4) is 0 Å². The van der Waals surface area contributed by atoms with Gasteiger partial charge in [0.1, 0.15) is 0 Å². The Morgan fingerprint density at radius 3 is 2.27 bits per heavy atom. The van der Waals surface area contributed by atoms with Gasteiger partial charge in [0, 0.05) is 18.0 Å². The molecule has 1 aromatic carbocycles. The Labute approximate surface area is 129 Å². The van der Waals surface area contributed by atoms with Gasteiger partial charge in [0.15, 0.2) is 17.3 Å². The molecule has 2 rings (SSSR count). The number of rotatable bonds is 6. The zero-order chi connectivity index (χ0) is 15.9. The van der Waals surface area contributed by atoms with Gasteiger partial charge in [0.2, 0.25) is 5.75 Å². The SMILES string of the molecule is COc1cc(C(=O)/C=C\c2cccnc2)cc(OC)c1OC. The number of hydrogen-bond acceptors (Lipinski definition) is 5. The molecular weight excluding hydrogens is 282 g/mol. The van der Waals surface area contributed by atoms with E-state index in [4.69, 9.17) is 14.2 Å². The molecule has 0 amide bonds. The van der Waals surface area contributed by atoms with E-state index in [1.807, 2.05) is 12.1 Å². The summed E-state index contributed by atoms with van der Waals surface area (Å²) in [5.41, 5.74) is 1.30. The van der Waals surface area contributed by atoms with E-state index in [0.717, 1.165) is 5.56 Å². The number of methoxy groups -OCH3 is 3. The topological polar surface area (TPSA) is 57.7 Å². The van der Waals surface area contributed by atoms with Crippen molar-refractivity contribution in [3.05, 3.63) is 53.9 Å². The lowest BCUT2D eigenvalue weighted by molar-refractivity contribution is 0.104. The smallest absolute Gasteiger partial charge is 0.203 e. The molecule has 0 unspecified atom stereocenters. The van der Waals surface area contributed by atoms with Crippen molar-refractivity contribution in [3.63, 3.8) is 0 Å². The largest absolute Gasteiger partial charge is 0.493 e. The molecule has 5 nitrogen and oxygen atoms in total. The fourth-order valence-electron chi connectivity index (χ4n) is 1.97. The molecule has 1 aromatic heterocycles. The van der Waals surface area contributed by atoms with Gasteiger partial charge in [-0.05, 0) is 35.9 Å². The van der Waals surface area contributed by atoms with Crippen molar-refractivity contribution < 1.29 is 19.0 Å². The maximum absolute atomic E-state index is 12.3. The van der Waals surface area contributed by atoms with Crippen LogP contribution in [-0.4, -0.2) is 32.1 Å². The van der Waals surface area contributed by atoms with Gasteiger partial charge in [-0.3, -0.25) is 9.78 Å². The third kappa shape index (κ3) is 3.44. The molecule has 0 saturated heterocycles. The van der Waals surface area contributed by atoms with Gasteiger partial charge in [-0.1, -0.05) is 6.07 Å². The molecule has 2 aromatic rings. The van der Waals surface area contributed by atoms with Crippen LogP contribution in [0.1, 0.15) is 15.9 Å². The highest BCUT2D eigenvalue weighted by Gasteiger charge is 2.15. The Kier molecular flexibility index (Phi) is 5.14. The minimum atomic E-state index is -0.164. The highest BCUT2D eigenvalue weighted by atomic mass is 16.5. The molecule has 0 saturated carbocycles. The summed E-state index contributed by atoms with van der Waals surface area (Å²) in [6.45, 7) is 0. The summed E-state index contributed by atoms with van der Waals surface area (Å²) in [7, 11) is 4.54. The molecule has 5 heteroatoms. The van der Waals surface area contributed by atoms with Gasteiger partial charge >= 0.3 is 0 Å². The zero-order valence-corrected chi connectivity index (χ0v) is 12.7. The first-order valence-electron chi connectivity index (χ1n) is 6.62. The number of ether oxygens (including phenoxy) is 3. The second-order valence-corrected chi connectivity index (χ2v) is 4.40. The third-order valence-electron chi connectivity index (χ3n) is 3.06. The summed E-state index contributed by atoms with van der Waals surface area (Å²) >= 11 is 0. The molecule has 0 aliphatic carbocycles. The summed E-state index contributed by atoms with van der Waals surface area (Å²) in [6, 6.07) is 6.92. The normalized spacial score (nSPS) is 10.5. The fraction of sp³-hybridized carbons (Fsp3) is 0.176. The van der Waals surface area contributed by atoms with Crippen LogP contribution in [0.5, 0.6) is 17.2 Å². The summed E-state index contributed by atoms with van der Waals surface area (Å²) in [4.78, 5) is 16.3. The van der Waals surface area contributed by atoms with Crippen LogP contribution in [0.4, 0.5) is 0 Å². The first-order valence-corrected chi connectivity index (χ1v) is 6.62. The quantitative estimate of drug-likeness (QED) is 0.606. The Bertz CT molecular complexity index is 655. The number of carbonyl (C=O) groups excluding carboxylic acids is 1. The fourth-order valence-corrected chi connectivity index (χ4v) is 1.97. The summed E-state index contributed by atoms with van der Waals surface area (Å²) in [5.74, 6) is 1.18. The van der Waals surface area contributed by atoms with Gasteiger partial charge in [0.05, 0.1) is 21.3 Å². The lowest BCUT2D eigenvalue weighted by Crippen LogP contribution is -2.00. The van der Waals surface area contributed by atoms with E-state index < -0.39 is 0 Å². The van der Waals surface area contributed by atoms with E-state index in [1.54, 1.807) is 30.6 Å². The van der Waals surface area contributed by atoms with Crippen LogP contribution in [0.2, 0.25) is 0 Å². The lowest BCUT2D eigenvalue weighted by atomic mass is 10.1. The van der Waals surface area contributed by atoms with Gasteiger partial charge in [0.25, 0.3) is 0 Å². The van der Waals surface area contributed by atoms with Crippen LogP contribution in [0, 0.1) is 0 Å². The molecule has 0 fully saturated rings. The Balaban J connectivity index is 2.32. The van der Waals surface area contributed by atoms with Crippen LogP contribution in [0.25, 0.3) is 6.08 Å². The molecule has 0 spiro atoms. The minimum absolute atomic E-state index is 0.164. The van der Waals surface area contributed by atoms with E-state index in [1.165, 1.54) is 27.4 Å². The van der Waals surface area contributed by atoms with Crippen LogP contribution >= 0.6 is 0 Å².